The van der Waals surface area contributed by atoms with Crippen molar-refractivity contribution in [2.45, 2.75) is 44.3 Å². The summed E-state index contributed by atoms with van der Waals surface area (Å²) >= 11 is 0. The fourth-order valence-electron chi connectivity index (χ4n) is 4.00. The van der Waals surface area contributed by atoms with Crippen molar-refractivity contribution in [3.63, 3.8) is 0 Å². The average Bonchev–Trinajstić information content (AvgIpc) is 3.14. The van der Waals surface area contributed by atoms with Crippen molar-refractivity contribution in [3.05, 3.63) is 11.6 Å². The summed E-state index contributed by atoms with van der Waals surface area (Å²) in [5, 5.41) is 0. The molecule has 3 nitrogen and oxygen atoms in total. The number of fused-ring (bicyclic) bond motifs is 4. The maximum Gasteiger partial charge on any atom is 0.165 e. The molecule has 90 valence electrons. The van der Waals surface area contributed by atoms with E-state index in [-0.39, 0.29) is 35.7 Å². The standard InChI is InChI=1S/C14H16O3/c15-12-7-3-1-2-4-8(7)13(16)11-9(12)5-6-10-14(11)17-10/h4,7,9-11,14H,1-3,5-6H2. The molecule has 4 aliphatic rings. The van der Waals surface area contributed by atoms with Crippen LogP contribution in [0.4, 0.5) is 0 Å². The number of carbonyl (C=O) groups excluding carboxylic acids is 2. The van der Waals surface area contributed by atoms with E-state index >= 15 is 0 Å². The molecule has 17 heavy (non-hydrogen) atoms. The molecule has 0 aromatic heterocycles. The smallest absolute Gasteiger partial charge is 0.165 e. The molecule has 0 spiro atoms. The van der Waals surface area contributed by atoms with Gasteiger partial charge in [-0.1, -0.05) is 6.08 Å². The molecule has 5 unspecified atom stereocenters. The van der Waals surface area contributed by atoms with E-state index in [0.29, 0.717) is 5.78 Å². The molecule has 0 N–H and O–H groups in total. The first-order valence-corrected chi connectivity index (χ1v) is 6.71. The van der Waals surface area contributed by atoms with Gasteiger partial charge in [0.05, 0.1) is 18.1 Å². The maximum absolute atomic E-state index is 12.5. The van der Waals surface area contributed by atoms with Gasteiger partial charge in [0.1, 0.15) is 5.78 Å². The number of allylic oxidation sites excluding steroid dienone is 2. The van der Waals surface area contributed by atoms with Crippen LogP contribution in [-0.4, -0.2) is 23.8 Å². The van der Waals surface area contributed by atoms with Crippen molar-refractivity contribution < 1.29 is 14.3 Å². The van der Waals surface area contributed by atoms with Crippen LogP contribution in [-0.2, 0) is 14.3 Å². The molecule has 0 aromatic rings. The van der Waals surface area contributed by atoms with Crippen LogP contribution in [0.2, 0.25) is 0 Å². The summed E-state index contributed by atoms with van der Waals surface area (Å²) < 4.78 is 5.55. The number of Topliss-reactive ketones (excluding diaryl/α,β-unsaturated/α-hetero) is 2. The summed E-state index contributed by atoms with van der Waals surface area (Å²) in [6, 6.07) is 0. The second-order valence-electron chi connectivity index (χ2n) is 5.76. The van der Waals surface area contributed by atoms with Gasteiger partial charge in [-0.25, -0.2) is 0 Å². The van der Waals surface area contributed by atoms with Gasteiger partial charge in [0.25, 0.3) is 0 Å². The maximum atomic E-state index is 12.5. The topological polar surface area (TPSA) is 46.7 Å². The minimum Gasteiger partial charge on any atom is -0.369 e. The molecular weight excluding hydrogens is 216 g/mol. The highest BCUT2D eigenvalue weighted by molar-refractivity contribution is 6.10. The molecule has 0 aromatic carbocycles. The Bertz CT molecular complexity index is 437. The Labute approximate surface area is 100 Å². The van der Waals surface area contributed by atoms with Gasteiger partial charge in [-0.2, -0.15) is 0 Å². The number of ketones is 2. The summed E-state index contributed by atoms with van der Waals surface area (Å²) in [4.78, 5) is 24.9. The van der Waals surface area contributed by atoms with Gasteiger partial charge in [-0.15, -0.1) is 0 Å². The predicted octanol–water partition coefficient (Wildman–Crippen LogP) is 1.66. The van der Waals surface area contributed by atoms with E-state index in [4.69, 9.17) is 4.74 Å². The third-order valence-electron chi connectivity index (χ3n) is 4.90. The zero-order chi connectivity index (χ0) is 11.6. The molecule has 1 heterocycles. The molecule has 3 heteroatoms. The summed E-state index contributed by atoms with van der Waals surface area (Å²) in [7, 11) is 0. The molecule has 2 saturated carbocycles. The van der Waals surface area contributed by atoms with Crippen LogP contribution in [0.3, 0.4) is 0 Å². The van der Waals surface area contributed by atoms with Crippen molar-refractivity contribution in [3.8, 4) is 0 Å². The van der Waals surface area contributed by atoms with Gasteiger partial charge >= 0.3 is 0 Å². The highest BCUT2D eigenvalue weighted by Gasteiger charge is 2.59. The highest BCUT2D eigenvalue weighted by atomic mass is 16.6. The van der Waals surface area contributed by atoms with E-state index in [1.165, 1.54) is 0 Å². The van der Waals surface area contributed by atoms with Gasteiger partial charge in [0.2, 0.25) is 0 Å². The van der Waals surface area contributed by atoms with Gasteiger partial charge in [-0.3, -0.25) is 9.59 Å². The Balaban J connectivity index is 1.76. The van der Waals surface area contributed by atoms with Gasteiger partial charge in [-0.05, 0) is 32.1 Å². The molecule has 1 aliphatic heterocycles. The number of carbonyl (C=O) groups is 2. The summed E-state index contributed by atoms with van der Waals surface area (Å²) in [6.45, 7) is 0. The second-order valence-corrected chi connectivity index (χ2v) is 5.76. The monoisotopic (exact) mass is 232 g/mol. The van der Waals surface area contributed by atoms with E-state index in [9.17, 15) is 9.59 Å². The SMILES string of the molecule is O=C1C2CCCC=C2C(=O)C2C1CCC1OC12. The molecule has 4 rings (SSSR count). The largest absolute Gasteiger partial charge is 0.369 e. The van der Waals surface area contributed by atoms with Gasteiger partial charge < -0.3 is 4.74 Å². The van der Waals surface area contributed by atoms with E-state index in [0.717, 1.165) is 37.7 Å². The molecule has 1 saturated heterocycles. The summed E-state index contributed by atoms with van der Waals surface area (Å²) in [6.07, 6.45) is 7.06. The van der Waals surface area contributed by atoms with Crippen LogP contribution < -0.4 is 0 Å². The Kier molecular flexibility index (Phi) is 1.93. The fraction of sp³-hybridized carbons (Fsp3) is 0.714. The number of hydrogen-bond acceptors (Lipinski definition) is 3. The first-order chi connectivity index (χ1) is 8.27. The molecule has 3 fully saturated rings. The fourth-order valence-corrected chi connectivity index (χ4v) is 4.00. The number of ether oxygens (including phenoxy) is 1. The lowest BCUT2D eigenvalue weighted by Crippen LogP contribution is -2.48. The van der Waals surface area contributed by atoms with E-state index in [1.54, 1.807) is 0 Å². The molecule has 5 atom stereocenters. The van der Waals surface area contributed by atoms with Crippen molar-refractivity contribution in [2.75, 3.05) is 0 Å². The minimum atomic E-state index is -0.137. The number of hydrogen-bond donors (Lipinski definition) is 0. The first-order valence-electron chi connectivity index (χ1n) is 6.71. The predicted molar refractivity (Wildman–Crippen MR) is 60.3 cm³/mol. The van der Waals surface area contributed by atoms with Crippen LogP contribution in [0.1, 0.15) is 32.1 Å². The van der Waals surface area contributed by atoms with Crippen molar-refractivity contribution in [1.82, 2.24) is 0 Å². The van der Waals surface area contributed by atoms with E-state index < -0.39 is 0 Å². The van der Waals surface area contributed by atoms with Crippen molar-refractivity contribution in [2.24, 2.45) is 17.8 Å². The lowest BCUT2D eigenvalue weighted by Gasteiger charge is -2.38. The Hall–Kier alpha value is -0.960. The average molecular weight is 232 g/mol. The van der Waals surface area contributed by atoms with Crippen LogP contribution in [0.15, 0.2) is 11.6 Å². The molecular formula is C14H16O3. The zero-order valence-corrected chi connectivity index (χ0v) is 9.72. The zero-order valence-electron chi connectivity index (χ0n) is 9.72. The Morgan fingerprint density at radius 1 is 1.18 bits per heavy atom. The molecule has 3 aliphatic carbocycles. The third-order valence-corrected chi connectivity index (χ3v) is 4.90. The van der Waals surface area contributed by atoms with Crippen LogP contribution in [0.5, 0.6) is 0 Å². The van der Waals surface area contributed by atoms with Crippen LogP contribution >= 0.6 is 0 Å². The second kappa shape index (κ2) is 3.29. The Morgan fingerprint density at radius 3 is 2.94 bits per heavy atom. The number of rotatable bonds is 0. The van der Waals surface area contributed by atoms with Crippen molar-refractivity contribution >= 4 is 11.6 Å². The molecule has 0 bridgehead atoms. The van der Waals surface area contributed by atoms with Crippen LogP contribution in [0.25, 0.3) is 0 Å². The quantitative estimate of drug-likeness (QED) is 0.597. The van der Waals surface area contributed by atoms with Gasteiger partial charge in [0, 0.05) is 17.4 Å². The molecule has 0 radical (unpaired) electrons. The lowest BCUT2D eigenvalue weighted by molar-refractivity contribution is -0.139. The molecule has 0 amide bonds. The van der Waals surface area contributed by atoms with Crippen LogP contribution in [0, 0.1) is 17.8 Å². The summed E-state index contributed by atoms with van der Waals surface area (Å²) in [5.74, 6) is 0.308. The Morgan fingerprint density at radius 2 is 2.06 bits per heavy atom. The van der Waals surface area contributed by atoms with Gasteiger partial charge in [0.15, 0.2) is 5.78 Å². The van der Waals surface area contributed by atoms with E-state index in [2.05, 4.69) is 0 Å². The van der Waals surface area contributed by atoms with Crippen molar-refractivity contribution in [1.29, 1.82) is 0 Å². The minimum absolute atomic E-state index is 0.0356. The first kappa shape index (κ1) is 10.0. The lowest BCUT2D eigenvalue weighted by atomic mass is 9.62. The summed E-state index contributed by atoms with van der Waals surface area (Å²) in [5.41, 5.74) is 0.818. The highest BCUT2D eigenvalue weighted by Crippen LogP contribution is 2.50. The third kappa shape index (κ3) is 1.26. The van der Waals surface area contributed by atoms with E-state index in [1.807, 2.05) is 6.08 Å². The number of epoxide rings is 1. The normalized spacial score (nSPS) is 47.8.